The van der Waals surface area contributed by atoms with Gasteiger partial charge in [-0.05, 0) is 11.4 Å². The summed E-state index contributed by atoms with van der Waals surface area (Å²) in [5.41, 5.74) is 0. The summed E-state index contributed by atoms with van der Waals surface area (Å²) in [5.74, 6) is 2.01. The minimum atomic E-state index is 0.663. The Balaban J connectivity index is 2.10. The predicted octanol–water partition coefficient (Wildman–Crippen LogP) is 2.89. The van der Waals surface area contributed by atoms with Crippen molar-refractivity contribution in [2.75, 3.05) is 5.75 Å². The first kappa shape index (κ1) is 8.63. The molecule has 11 heavy (non-hydrogen) atoms. The van der Waals surface area contributed by atoms with Crippen LogP contribution in [0.5, 0.6) is 0 Å². The van der Waals surface area contributed by atoms with E-state index in [0.29, 0.717) is 6.42 Å². The van der Waals surface area contributed by atoms with Gasteiger partial charge >= 0.3 is 0 Å². The summed E-state index contributed by atoms with van der Waals surface area (Å²) >= 11 is 3.60. The molecule has 1 nitrogen and oxygen atoms in total. The van der Waals surface area contributed by atoms with E-state index in [4.69, 9.17) is 5.26 Å². The van der Waals surface area contributed by atoms with E-state index in [9.17, 15) is 0 Å². The lowest BCUT2D eigenvalue weighted by Crippen LogP contribution is -1.77. The maximum absolute atomic E-state index is 8.26. The molecule has 0 aliphatic carbocycles. The van der Waals surface area contributed by atoms with Gasteiger partial charge in [-0.25, -0.2) is 0 Å². The minimum Gasteiger partial charge on any atom is -0.198 e. The molecule has 0 aliphatic heterocycles. The third-order valence-electron chi connectivity index (χ3n) is 1.18. The van der Waals surface area contributed by atoms with Crippen molar-refractivity contribution in [3.8, 4) is 6.07 Å². The zero-order valence-electron chi connectivity index (χ0n) is 6.12. The summed E-state index contributed by atoms with van der Waals surface area (Å²) in [4.78, 5) is 1.40. The molecule has 0 fully saturated rings. The molecule has 0 aromatic carbocycles. The van der Waals surface area contributed by atoms with Gasteiger partial charge in [-0.2, -0.15) is 17.0 Å². The van der Waals surface area contributed by atoms with Crippen molar-refractivity contribution in [1.29, 1.82) is 5.26 Å². The average Bonchev–Trinajstić information content (AvgIpc) is 2.50. The number of nitriles is 1. The van der Waals surface area contributed by atoms with Gasteiger partial charge in [0.15, 0.2) is 0 Å². The largest absolute Gasteiger partial charge is 0.198 e. The SMILES string of the molecule is N#CCCSCc1cccs1. The highest BCUT2D eigenvalue weighted by Crippen LogP contribution is 2.17. The van der Waals surface area contributed by atoms with Gasteiger partial charge in [0.05, 0.1) is 6.07 Å². The molecule has 0 amide bonds. The quantitative estimate of drug-likeness (QED) is 0.670. The van der Waals surface area contributed by atoms with Crippen LogP contribution in [0.4, 0.5) is 0 Å². The lowest BCUT2D eigenvalue weighted by molar-refractivity contribution is 1.24. The Morgan fingerprint density at radius 1 is 1.64 bits per heavy atom. The maximum atomic E-state index is 8.26. The summed E-state index contributed by atoms with van der Waals surface area (Å²) in [6.45, 7) is 0. The molecule has 0 saturated carbocycles. The topological polar surface area (TPSA) is 23.8 Å². The van der Waals surface area contributed by atoms with E-state index < -0.39 is 0 Å². The van der Waals surface area contributed by atoms with Crippen LogP contribution in [0.1, 0.15) is 11.3 Å². The number of rotatable bonds is 4. The molecule has 0 spiro atoms. The van der Waals surface area contributed by atoms with E-state index in [2.05, 4.69) is 23.6 Å². The minimum absolute atomic E-state index is 0.663. The van der Waals surface area contributed by atoms with E-state index in [1.165, 1.54) is 4.88 Å². The van der Waals surface area contributed by atoms with Crippen LogP contribution >= 0.6 is 23.1 Å². The first-order chi connectivity index (χ1) is 5.43. The molecule has 1 aromatic rings. The molecule has 0 N–H and O–H groups in total. The molecule has 1 rings (SSSR count). The van der Waals surface area contributed by atoms with Gasteiger partial charge < -0.3 is 0 Å². The molecular weight excluding hydrogens is 174 g/mol. The van der Waals surface area contributed by atoms with E-state index in [-0.39, 0.29) is 0 Å². The fourth-order valence-corrected chi connectivity index (χ4v) is 2.37. The molecule has 3 heteroatoms. The van der Waals surface area contributed by atoms with Crippen LogP contribution in [0.25, 0.3) is 0 Å². The van der Waals surface area contributed by atoms with Gasteiger partial charge in [-0.15, -0.1) is 11.3 Å². The van der Waals surface area contributed by atoms with E-state index in [1.54, 1.807) is 11.3 Å². The van der Waals surface area contributed by atoms with E-state index in [1.807, 2.05) is 11.8 Å². The average molecular weight is 183 g/mol. The van der Waals surface area contributed by atoms with Crippen LogP contribution in [0, 0.1) is 11.3 Å². The molecule has 0 unspecified atom stereocenters. The van der Waals surface area contributed by atoms with Crippen molar-refractivity contribution < 1.29 is 0 Å². The first-order valence-corrected chi connectivity index (χ1v) is 5.44. The highest BCUT2D eigenvalue weighted by molar-refractivity contribution is 7.98. The van der Waals surface area contributed by atoms with E-state index >= 15 is 0 Å². The second kappa shape index (κ2) is 5.22. The smallest absolute Gasteiger partial charge is 0.0630 e. The zero-order chi connectivity index (χ0) is 7.94. The van der Waals surface area contributed by atoms with Crippen LogP contribution in [-0.2, 0) is 5.75 Å². The van der Waals surface area contributed by atoms with Gasteiger partial charge in [0.25, 0.3) is 0 Å². The summed E-state index contributed by atoms with van der Waals surface area (Å²) < 4.78 is 0. The summed E-state index contributed by atoms with van der Waals surface area (Å²) in [7, 11) is 0. The Hall–Kier alpha value is -0.460. The van der Waals surface area contributed by atoms with Crippen LogP contribution in [0.2, 0.25) is 0 Å². The van der Waals surface area contributed by atoms with E-state index in [0.717, 1.165) is 11.5 Å². The van der Waals surface area contributed by atoms with Gasteiger partial charge in [0, 0.05) is 22.8 Å². The molecule has 0 aliphatic rings. The highest BCUT2D eigenvalue weighted by Gasteiger charge is 1.92. The third-order valence-corrected chi connectivity index (χ3v) is 3.25. The van der Waals surface area contributed by atoms with Crippen molar-refractivity contribution in [2.24, 2.45) is 0 Å². The highest BCUT2D eigenvalue weighted by atomic mass is 32.2. The van der Waals surface area contributed by atoms with Crippen molar-refractivity contribution >= 4 is 23.1 Å². The van der Waals surface area contributed by atoms with Gasteiger partial charge in [-0.3, -0.25) is 0 Å². The number of hydrogen-bond donors (Lipinski definition) is 0. The number of nitrogens with zero attached hydrogens (tertiary/aromatic N) is 1. The third kappa shape index (κ3) is 3.45. The van der Waals surface area contributed by atoms with Gasteiger partial charge in [-0.1, -0.05) is 6.07 Å². The molecule has 0 radical (unpaired) electrons. The fourth-order valence-electron chi connectivity index (χ4n) is 0.685. The second-order valence-corrected chi connectivity index (χ2v) is 4.18. The molecule has 0 bridgehead atoms. The second-order valence-electron chi connectivity index (χ2n) is 2.04. The molecule has 1 aromatic heterocycles. The Morgan fingerprint density at radius 3 is 3.18 bits per heavy atom. The number of hydrogen-bond acceptors (Lipinski definition) is 3. The van der Waals surface area contributed by atoms with Crippen LogP contribution in [0.3, 0.4) is 0 Å². The van der Waals surface area contributed by atoms with Crippen LogP contribution < -0.4 is 0 Å². The lowest BCUT2D eigenvalue weighted by atomic mass is 10.5. The number of thioether (sulfide) groups is 1. The van der Waals surface area contributed by atoms with Crippen molar-refractivity contribution in [1.82, 2.24) is 0 Å². The standard InChI is InChI=1S/C8H9NS2/c9-4-2-5-10-7-8-3-1-6-11-8/h1,3,6H,2,5,7H2. The summed E-state index contributed by atoms with van der Waals surface area (Å²) in [6.07, 6.45) is 0.663. The molecular formula is C8H9NS2. The van der Waals surface area contributed by atoms with Crippen LogP contribution in [-0.4, -0.2) is 5.75 Å². The normalized spacial score (nSPS) is 9.36. The fraction of sp³-hybridized carbons (Fsp3) is 0.375. The first-order valence-electron chi connectivity index (χ1n) is 3.40. The molecule has 58 valence electrons. The monoisotopic (exact) mass is 183 g/mol. The molecule has 1 heterocycles. The van der Waals surface area contributed by atoms with Crippen molar-refractivity contribution in [2.45, 2.75) is 12.2 Å². The Kier molecular flexibility index (Phi) is 4.10. The Labute approximate surface area is 75.0 Å². The summed E-state index contributed by atoms with van der Waals surface area (Å²) in [5, 5.41) is 10.3. The zero-order valence-corrected chi connectivity index (χ0v) is 7.75. The van der Waals surface area contributed by atoms with Gasteiger partial charge in [0.2, 0.25) is 0 Å². The Morgan fingerprint density at radius 2 is 2.55 bits per heavy atom. The maximum Gasteiger partial charge on any atom is 0.0630 e. The van der Waals surface area contributed by atoms with Crippen molar-refractivity contribution in [3.05, 3.63) is 22.4 Å². The van der Waals surface area contributed by atoms with Crippen LogP contribution in [0.15, 0.2) is 17.5 Å². The van der Waals surface area contributed by atoms with Gasteiger partial charge in [0.1, 0.15) is 0 Å². The predicted molar refractivity (Wildman–Crippen MR) is 50.7 cm³/mol. The summed E-state index contributed by atoms with van der Waals surface area (Å²) in [6, 6.07) is 6.32. The molecule has 0 atom stereocenters. The molecule has 0 saturated heterocycles. The lowest BCUT2D eigenvalue weighted by Gasteiger charge is -1.93. The number of thiophene rings is 1. The Bertz CT molecular complexity index is 223. The van der Waals surface area contributed by atoms with Crippen molar-refractivity contribution in [3.63, 3.8) is 0 Å².